The molecule has 30 heavy (non-hydrogen) atoms. The van der Waals surface area contributed by atoms with Gasteiger partial charge >= 0.3 is 0 Å². The van der Waals surface area contributed by atoms with Crippen molar-refractivity contribution >= 4 is 17.1 Å². The van der Waals surface area contributed by atoms with Gasteiger partial charge in [0.15, 0.2) is 11.8 Å². The second-order valence-corrected chi connectivity index (χ2v) is 7.50. The summed E-state index contributed by atoms with van der Waals surface area (Å²) in [5, 5.41) is 4.65. The lowest BCUT2D eigenvalue weighted by Crippen LogP contribution is -2.44. The third-order valence-electron chi connectivity index (χ3n) is 5.47. The molecular weight excluding hydrogens is 382 g/mol. The molecule has 0 radical (unpaired) electrons. The summed E-state index contributed by atoms with van der Waals surface area (Å²) >= 11 is 0. The first-order chi connectivity index (χ1) is 14.6. The maximum Gasteiger partial charge on any atom is 0.263 e. The smallest absolute Gasteiger partial charge is 0.263 e. The molecule has 0 spiro atoms. The summed E-state index contributed by atoms with van der Waals surface area (Å²) in [6.07, 6.45) is 4.54. The molecule has 0 bridgehead atoms. The lowest BCUT2D eigenvalue weighted by molar-refractivity contribution is -0.139. The van der Waals surface area contributed by atoms with Crippen LogP contribution in [0.3, 0.4) is 0 Å². The number of amides is 1. The van der Waals surface area contributed by atoms with E-state index in [0.717, 1.165) is 35.4 Å². The third kappa shape index (κ3) is 4.08. The highest BCUT2D eigenvalue weighted by Gasteiger charge is 2.30. The van der Waals surface area contributed by atoms with Crippen molar-refractivity contribution in [2.75, 3.05) is 19.7 Å². The molecule has 1 fully saturated rings. The summed E-state index contributed by atoms with van der Waals surface area (Å²) in [6.45, 7) is 5.72. The molecule has 3 aromatic rings. The van der Waals surface area contributed by atoms with Crippen LogP contribution in [0.5, 0.6) is 11.5 Å². The molecule has 0 aliphatic carbocycles. The normalized spacial score (nSPS) is 15.9. The molecule has 2 aromatic heterocycles. The molecule has 3 heterocycles. The van der Waals surface area contributed by atoms with Gasteiger partial charge in [-0.25, -0.2) is 14.6 Å². The minimum atomic E-state index is -0.541. The van der Waals surface area contributed by atoms with Crippen molar-refractivity contribution in [2.45, 2.75) is 38.7 Å². The summed E-state index contributed by atoms with van der Waals surface area (Å²) in [4.78, 5) is 23.6. The summed E-state index contributed by atoms with van der Waals surface area (Å²) < 4.78 is 13.1. The van der Waals surface area contributed by atoms with Crippen LogP contribution in [0.25, 0.3) is 11.2 Å². The number of carbonyl (C=O) groups excluding carboxylic acids is 1. The molecule has 158 valence electrons. The maximum atomic E-state index is 12.9. The maximum absolute atomic E-state index is 12.9. The number of hydrogen-bond donors (Lipinski definition) is 0. The average molecular weight is 409 g/mol. The molecule has 1 amide bonds. The number of benzene rings is 1. The number of likely N-dealkylation sites (tertiary alicyclic amines) is 1. The second-order valence-electron chi connectivity index (χ2n) is 7.50. The highest BCUT2D eigenvalue weighted by atomic mass is 16.5. The van der Waals surface area contributed by atoms with E-state index >= 15 is 0 Å². The highest BCUT2D eigenvalue weighted by molar-refractivity contribution is 5.81. The fourth-order valence-corrected chi connectivity index (χ4v) is 3.95. The lowest BCUT2D eigenvalue weighted by atomic mass is 9.93. The van der Waals surface area contributed by atoms with E-state index in [1.807, 2.05) is 43.1 Å². The molecule has 0 unspecified atom stereocenters. The number of rotatable bonds is 6. The molecule has 0 saturated carbocycles. The van der Waals surface area contributed by atoms with Crippen LogP contribution >= 0.6 is 0 Å². The summed E-state index contributed by atoms with van der Waals surface area (Å²) in [7, 11) is 1.89. The van der Waals surface area contributed by atoms with Crippen molar-refractivity contribution in [2.24, 2.45) is 7.05 Å². The number of piperidine rings is 1. The van der Waals surface area contributed by atoms with Gasteiger partial charge in [-0.1, -0.05) is 0 Å². The number of nitrogens with zero attached hydrogens (tertiary/aromatic N) is 5. The molecule has 1 aliphatic heterocycles. The van der Waals surface area contributed by atoms with E-state index in [1.54, 1.807) is 24.0 Å². The first kappa shape index (κ1) is 20.1. The third-order valence-corrected chi connectivity index (χ3v) is 5.47. The molecule has 8 heteroatoms. The van der Waals surface area contributed by atoms with Gasteiger partial charge in [-0.15, -0.1) is 0 Å². The molecule has 1 saturated heterocycles. The van der Waals surface area contributed by atoms with Crippen LogP contribution in [0.2, 0.25) is 0 Å². The Morgan fingerprint density at radius 3 is 2.50 bits per heavy atom. The van der Waals surface area contributed by atoms with Crippen LogP contribution in [0.15, 0.2) is 36.7 Å². The zero-order valence-corrected chi connectivity index (χ0v) is 17.6. The van der Waals surface area contributed by atoms with Crippen molar-refractivity contribution in [3.63, 3.8) is 0 Å². The van der Waals surface area contributed by atoms with Crippen LogP contribution in [0.4, 0.5) is 0 Å². The van der Waals surface area contributed by atoms with E-state index < -0.39 is 6.10 Å². The quantitative estimate of drug-likeness (QED) is 0.623. The Kier molecular flexibility index (Phi) is 5.83. The van der Waals surface area contributed by atoms with Gasteiger partial charge in [0.25, 0.3) is 5.91 Å². The van der Waals surface area contributed by atoms with Gasteiger partial charge in [-0.2, -0.15) is 5.10 Å². The van der Waals surface area contributed by atoms with E-state index in [-0.39, 0.29) is 11.8 Å². The Bertz CT molecular complexity index is 1010. The fraction of sp³-hybridized carbons (Fsp3) is 0.455. The van der Waals surface area contributed by atoms with Crippen molar-refractivity contribution in [1.29, 1.82) is 0 Å². The van der Waals surface area contributed by atoms with E-state index in [0.29, 0.717) is 25.4 Å². The van der Waals surface area contributed by atoms with Crippen LogP contribution in [0.1, 0.15) is 38.3 Å². The van der Waals surface area contributed by atoms with Crippen LogP contribution in [0, 0.1) is 0 Å². The number of aromatic nitrogens is 4. The Balaban J connectivity index is 1.35. The molecular formula is C22H27N5O3. The minimum absolute atomic E-state index is 0.00741. The van der Waals surface area contributed by atoms with Gasteiger partial charge in [0, 0.05) is 38.4 Å². The van der Waals surface area contributed by atoms with Gasteiger partial charge < -0.3 is 14.4 Å². The topological polar surface area (TPSA) is 82.4 Å². The van der Waals surface area contributed by atoms with Crippen molar-refractivity contribution in [3.8, 4) is 11.5 Å². The number of fused-ring (bicyclic) bond motifs is 1. The fourth-order valence-electron chi connectivity index (χ4n) is 3.95. The minimum Gasteiger partial charge on any atom is -0.494 e. The molecule has 1 atom stereocenters. The molecule has 8 nitrogen and oxygen atoms in total. The van der Waals surface area contributed by atoms with Crippen LogP contribution in [-0.4, -0.2) is 56.4 Å². The van der Waals surface area contributed by atoms with E-state index in [4.69, 9.17) is 9.47 Å². The largest absolute Gasteiger partial charge is 0.494 e. The van der Waals surface area contributed by atoms with Crippen molar-refractivity contribution in [3.05, 3.63) is 42.4 Å². The highest BCUT2D eigenvalue weighted by Crippen LogP contribution is 2.31. The Morgan fingerprint density at radius 1 is 1.13 bits per heavy atom. The van der Waals surface area contributed by atoms with Gasteiger partial charge in [-0.05, 0) is 51.0 Å². The first-order valence-electron chi connectivity index (χ1n) is 10.4. The number of hydrogen-bond acceptors (Lipinski definition) is 6. The zero-order chi connectivity index (χ0) is 21.1. The zero-order valence-electron chi connectivity index (χ0n) is 17.6. The van der Waals surface area contributed by atoms with E-state index in [9.17, 15) is 4.79 Å². The lowest BCUT2D eigenvalue weighted by Gasteiger charge is -2.33. The SMILES string of the molecule is CCOc1ccc(O[C@@H](C)C(=O)N2CCC(c3nn(C)c4nccnc34)CC2)cc1. The number of carbonyl (C=O) groups is 1. The van der Waals surface area contributed by atoms with Crippen molar-refractivity contribution < 1.29 is 14.3 Å². The summed E-state index contributed by atoms with van der Waals surface area (Å²) in [5.41, 5.74) is 2.63. The second kappa shape index (κ2) is 8.69. The van der Waals surface area contributed by atoms with Crippen LogP contribution in [-0.2, 0) is 11.8 Å². The predicted molar refractivity (Wildman–Crippen MR) is 113 cm³/mol. The number of aryl methyl sites for hydroxylation is 1. The predicted octanol–water partition coefficient (Wildman–Crippen LogP) is 2.94. The molecule has 1 aliphatic rings. The monoisotopic (exact) mass is 409 g/mol. The molecule has 4 rings (SSSR count). The van der Waals surface area contributed by atoms with Gasteiger partial charge in [-0.3, -0.25) is 4.79 Å². The number of ether oxygens (including phenoxy) is 2. The molecule has 0 N–H and O–H groups in total. The van der Waals surface area contributed by atoms with Gasteiger partial charge in [0.1, 0.15) is 17.0 Å². The Morgan fingerprint density at radius 2 is 1.80 bits per heavy atom. The Hall–Kier alpha value is -3.16. The van der Waals surface area contributed by atoms with Gasteiger partial charge in [0.2, 0.25) is 0 Å². The Labute approximate surface area is 175 Å². The standard InChI is InChI=1S/C22H27N5O3/c1-4-29-17-5-7-18(8-6-17)30-15(2)22(28)27-13-9-16(10-14-27)19-20-21(26(3)25-19)24-12-11-23-20/h5-8,11-12,15-16H,4,9-10,13-14H2,1-3H3/t15-/m0/s1. The summed E-state index contributed by atoms with van der Waals surface area (Å²) in [6, 6.07) is 7.35. The van der Waals surface area contributed by atoms with E-state index in [2.05, 4.69) is 15.1 Å². The molecule has 1 aromatic carbocycles. The average Bonchev–Trinajstić information content (AvgIpc) is 3.12. The first-order valence-corrected chi connectivity index (χ1v) is 10.4. The summed E-state index contributed by atoms with van der Waals surface area (Å²) in [5.74, 6) is 1.73. The van der Waals surface area contributed by atoms with Crippen molar-refractivity contribution in [1.82, 2.24) is 24.6 Å². The van der Waals surface area contributed by atoms with Gasteiger partial charge in [0.05, 0.1) is 12.3 Å². The van der Waals surface area contributed by atoms with Crippen LogP contribution < -0.4 is 9.47 Å². The van der Waals surface area contributed by atoms with E-state index in [1.165, 1.54) is 0 Å².